The van der Waals surface area contributed by atoms with E-state index in [0.29, 0.717) is 28.6 Å². The summed E-state index contributed by atoms with van der Waals surface area (Å²) in [5, 5.41) is 0. The van der Waals surface area contributed by atoms with Crippen LogP contribution in [0.25, 0.3) is 5.57 Å². The summed E-state index contributed by atoms with van der Waals surface area (Å²) in [6.07, 6.45) is 1.57. The first-order chi connectivity index (χ1) is 12.0. The smallest absolute Gasteiger partial charge is 0.203 e. The van der Waals surface area contributed by atoms with Crippen LogP contribution in [0.2, 0.25) is 0 Å². The fraction of sp³-hybridized carbons (Fsp3) is 0.250. The van der Waals surface area contributed by atoms with E-state index in [0.717, 1.165) is 11.1 Å². The average molecular weight is 342 g/mol. The number of ketones is 1. The van der Waals surface area contributed by atoms with E-state index in [-0.39, 0.29) is 5.78 Å². The summed E-state index contributed by atoms with van der Waals surface area (Å²) in [6.45, 7) is 1.51. The lowest BCUT2D eigenvalue weighted by Gasteiger charge is -2.17. The van der Waals surface area contributed by atoms with E-state index in [1.165, 1.54) is 6.92 Å². The number of allylic oxidation sites excluding steroid dienone is 1. The minimum absolute atomic E-state index is 0.0744. The summed E-state index contributed by atoms with van der Waals surface area (Å²) >= 11 is 0. The highest BCUT2D eigenvalue weighted by molar-refractivity contribution is 6.00. The molecule has 2 aromatic rings. The van der Waals surface area contributed by atoms with Crippen LogP contribution < -0.4 is 18.9 Å². The zero-order valence-electron chi connectivity index (χ0n) is 15.1. The van der Waals surface area contributed by atoms with Crippen molar-refractivity contribution in [1.82, 2.24) is 0 Å². The SMILES string of the molecule is COc1ccccc1/C(=C/C(C)=O)c1cc(OC)c(OC)c(OC)c1. The number of para-hydroxylation sites is 1. The summed E-state index contributed by atoms with van der Waals surface area (Å²) in [5.74, 6) is 2.12. The standard InChI is InChI=1S/C20H22O5/c1-13(21)10-16(15-8-6-7-9-17(15)22-2)14-11-18(23-3)20(25-5)19(12-14)24-4/h6-12H,1-5H3/b16-10+. The van der Waals surface area contributed by atoms with Crippen molar-refractivity contribution in [1.29, 1.82) is 0 Å². The molecule has 2 rings (SSSR count). The van der Waals surface area contributed by atoms with Crippen LogP contribution in [0.15, 0.2) is 42.5 Å². The lowest BCUT2D eigenvalue weighted by Crippen LogP contribution is -2.00. The van der Waals surface area contributed by atoms with Crippen molar-refractivity contribution in [3.8, 4) is 23.0 Å². The quantitative estimate of drug-likeness (QED) is 0.718. The predicted octanol–water partition coefficient (Wildman–Crippen LogP) is 3.74. The normalized spacial score (nSPS) is 11.0. The molecule has 2 aromatic carbocycles. The van der Waals surface area contributed by atoms with Gasteiger partial charge in [-0.1, -0.05) is 18.2 Å². The minimum atomic E-state index is -0.0744. The van der Waals surface area contributed by atoms with Crippen LogP contribution >= 0.6 is 0 Å². The van der Waals surface area contributed by atoms with E-state index in [1.54, 1.807) is 34.5 Å². The lowest BCUT2D eigenvalue weighted by atomic mass is 9.95. The molecule has 0 aliphatic rings. The molecule has 5 heteroatoms. The van der Waals surface area contributed by atoms with Crippen molar-refractivity contribution in [3.05, 3.63) is 53.6 Å². The first-order valence-corrected chi connectivity index (χ1v) is 7.71. The molecule has 0 saturated carbocycles. The van der Waals surface area contributed by atoms with Crippen molar-refractivity contribution in [2.75, 3.05) is 28.4 Å². The van der Waals surface area contributed by atoms with Gasteiger partial charge in [-0.05, 0) is 42.3 Å². The Morgan fingerprint density at radius 2 is 1.40 bits per heavy atom. The Labute approximate surface area is 147 Å². The van der Waals surface area contributed by atoms with Gasteiger partial charge in [0.05, 0.1) is 28.4 Å². The molecule has 0 amide bonds. The maximum atomic E-state index is 11.8. The van der Waals surface area contributed by atoms with Crippen LogP contribution in [0, 0.1) is 0 Å². The van der Waals surface area contributed by atoms with Crippen molar-refractivity contribution < 1.29 is 23.7 Å². The minimum Gasteiger partial charge on any atom is -0.496 e. The summed E-state index contributed by atoms with van der Waals surface area (Å²) in [5.41, 5.74) is 2.27. The van der Waals surface area contributed by atoms with Gasteiger partial charge in [-0.2, -0.15) is 0 Å². The highest BCUT2D eigenvalue weighted by atomic mass is 16.5. The van der Waals surface area contributed by atoms with Gasteiger partial charge < -0.3 is 18.9 Å². The maximum Gasteiger partial charge on any atom is 0.203 e. The van der Waals surface area contributed by atoms with Crippen LogP contribution in [-0.2, 0) is 4.79 Å². The van der Waals surface area contributed by atoms with Gasteiger partial charge in [0.2, 0.25) is 5.75 Å². The van der Waals surface area contributed by atoms with Gasteiger partial charge in [0.25, 0.3) is 0 Å². The Morgan fingerprint density at radius 3 is 1.88 bits per heavy atom. The van der Waals surface area contributed by atoms with Crippen LogP contribution in [0.5, 0.6) is 23.0 Å². The maximum absolute atomic E-state index is 11.8. The Morgan fingerprint density at radius 1 is 0.840 bits per heavy atom. The lowest BCUT2D eigenvalue weighted by molar-refractivity contribution is -0.112. The fourth-order valence-corrected chi connectivity index (χ4v) is 2.62. The second kappa shape index (κ2) is 8.24. The first kappa shape index (κ1) is 18.4. The molecule has 0 aromatic heterocycles. The second-order valence-electron chi connectivity index (χ2n) is 5.28. The van der Waals surface area contributed by atoms with Gasteiger partial charge in [-0.25, -0.2) is 0 Å². The van der Waals surface area contributed by atoms with Gasteiger partial charge in [-0.15, -0.1) is 0 Å². The van der Waals surface area contributed by atoms with Crippen molar-refractivity contribution in [3.63, 3.8) is 0 Å². The van der Waals surface area contributed by atoms with E-state index >= 15 is 0 Å². The van der Waals surface area contributed by atoms with E-state index in [1.807, 2.05) is 36.4 Å². The Balaban J connectivity index is 2.74. The number of methoxy groups -OCH3 is 4. The molecule has 0 fully saturated rings. The molecule has 5 nitrogen and oxygen atoms in total. The molecule has 0 bridgehead atoms. The molecule has 0 saturated heterocycles. The zero-order chi connectivity index (χ0) is 18.4. The summed E-state index contributed by atoms with van der Waals surface area (Å²) in [4.78, 5) is 11.8. The molecular weight excluding hydrogens is 320 g/mol. The van der Waals surface area contributed by atoms with Crippen LogP contribution in [0.4, 0.5) is 0 Å². The molecule has 132 valence electrons. The van der Waals surface area contributed by atoms with Crippen molar-refractivity contribution >= 4 is 11.4 Å². The second-order valence-corrected chi connectivity index (χ2v) is 5.28. The van der Waals surface area contributed by atoms with Crippen LogP contribution in [0.1, 0.15) is 18.1 Å². The molecule has 0 atom stereocenters. The molecule has 0 spiro atoms. The Bertz CT molecular complexity index is 767. The number of carbonyl (C=O) groups is 1. The number of carbonyl (C=O) groups excluding carboxylic acids is 1. The van der Waals surface area contributed by atoms with Gasteiger partial charge >= 0.3 is 0 Å². The predicted molar refractivity (Wildman–Crippen MR) is 96.9 cm³/mol. The summed E-state index contributed by atoms with van der Waals surface area (Å²) < 4.78 is 21.6. The molecular formula is C20H22O5. The number of ether oxygens (including phenoxy) is 4. The molecule has 0 aliphatic carbocycles. The average Bonchev–Trinajstić information content (AvgIpc) is 2.64. The molecule has 0 heterocycles. The third-order valence-corrected chi connectivity index (χ3v) is 3.72. The summed E-state index contributed by atoms with van der Waals surface area (Å²) in [7, 11) is 6.25. The molecule has 0 aliphatic heterocycles. The summed E-state index contributed by atoms with van der Waals surface area (Å²) in [6, 6.07) is 11.1. The number of rotatable bonds is 7. The Kier molecular flexibility index (Phi) is 6.06. The van der Waals surface area contributed by atoms with Crippen molar-refractivity contribution in [2.24, 2.45) is 0 Å². The third kappa shape index (κ3) is 3.94. The van der Waals surface area contributed by atoms with Gasteiger partial charge in [0.1, 0.15) is 5.75 Å². The fourth-order valence-electron chi connectivity index (χ4n) is 2.62. The topological polar surface area (TPSA) is 54.0 Å². The zero-order valence-corrected chi connectivity index (χ0v) is 15.1. The molecule has 0 unspecified atom stereocenters. The first-order valence-electron chi connectivity index (χ1n) is 7.71. The van der Waals surface area contributed by atoms with E-state index in [2.05, 4.69) is 0 Å². The highest BCUT2D eigenvalue weighted by Gasteiger charge is 2.18. The van der Waals surface area contributed by atoms with E-state index in [4.69, 9.17) is 18.9 Å². The Hall–Kier alpha value is -2.95. The van der Waals surface area contributed by atoms with Crippen molar-refractivity contribution in [2.45, 2.75) is 6.92 Å². The van der Waals surface area contributed by atoms with Gasteiger partial charge in [-0.3, -0.25) is 4.79 Å². The highest BCUT2D eigenvalue weighted by Crippen LogP contribution is 2.42. The van der Waals surface area contributed by atoms with E-state index < -0.39 is 0 Å². The van der Waals surface area contributed by atoms with Crippen LogP contribution in [0.3, 0.4) is 0 Å². The van der Waals surface area contributed by atoms with Crippen LogP contribution in [-0.4, -0.2) is 34.2 Å². The monoisotopic (exact) mass is 342 g/mol. The molecule has 0 radical (unpaired) electrons. The largest absolute Gasteiger partial charge is 0.496 e. The molecule has 0 N–H and O–H groups in total. The van der Waals surface area contributed by atoms with Gasteiger partial charge in [0.15, 0.2) is 17.3 Å². The number of hydrogen-bond acceptors (Lipinski definition) is 5. The number of hydrogen-bond donors (Lipinski definition) is 0. The molecule has 25 heavy (non-hydrogen) atoms. The third-order valence-electron chi connectivity index (χ3n) is 3.72. The van der Waals surface area contributed by atoms with E-state index in [9.17, 15) is 4.79 Å². The number of benzene rings is 2. The van der Waals surface area contributed by atoms with Gasteiger partial charge in [0, 0.05) is 5.56 Å².